The van der Waals surface area contributed by atoms with Crippen LogP contribution in [0.4, 0.5) is 17.2 Å². The second kappa shape index (κ2) is 5.78. The Morgan fingerprint density at radius 3 is 2.59 bits per heavy atom. The van der Waals surface area contributed by atoms with E-state index in [2.05, 4.69) is 4.98 Å². The summed E-state index contributed by atoms with van der Waals surface area (Å²) >= 11 is 5.73. The Morgan fingerprint density at radius 2 is 1.91 bits per heavy atom. The van der Waals surface area contributed by atoms with Gasteiger partial charge in [-0.3, -0.25) is 4.31 Å². The Hall–Kier alpha value is -1.79. The Balaban J connectivity index is 2.14. The van der Waals surface area contributed by atoms with E-state index in [0.29, 0.717) is 36.0 Å². The summed E-state index contributed by atoms with van der Waals surface area (Å²) in [4.78, 5) is 4.22. The van der Waals surface area contributed by atoms with Crippen molar-refractivity contribution >= 4 is 39.0 Å². The van der Waals surface area contributed by atoms with Gasteiger partial charge in [-0.05, 0) is 43.2 Å². The van der Waals surface area contributed by atoms with Crippen molar-refractivity contribution < 1.29 is 8.42 Å². The number of benzene rings is 1. The lowest BCUT2D eigenvalue weighted by molar-refractivity contribution is 0.593. The van der Waals surface area contributed by atoms with Crippen LogP contribution in [0.15, 0.2) is 42.6 Å². The van der Waals surface area contributed by atoms with Crippen LogP contribution in [0, 0.1) is 6.92 Å². The van der Waals surface area contributed by atoms with Crippen LogP contribution in [0.3, 0.4) is 0 Å². The second-order valence-electron chi connectivity index (χ2n) is 5.07. The third kappa shape index (κ3) is 2.42. The van der Waals surface area contributed by atoms with E-state index in [1.54, 1.807) is 24.4 Å². The summed E-state index contributed by atoms with van der Waals surface area (Å²) in [5.74, 6) is 0.817. The number of aromatic nitrogens is 1. The summed E-state index contributed by atoms with van der Waals surface area (Å²) in [7, 11) is -3.68. The molecule has 0 atom stereocenters. The Kier molecular flexibility index (Phi) is 3.97. The van der Waals surface area contributed by atoms with E-state index in [9.17, 15) is 8.42 Å². The maximum absolute atomic E-state index is 12.9. The predicted molar refractivity (Wildman–Crippen MR) is 89.2 cm³/mol. The van der Waals surface area contributed by atoms with Crippen LogP contribution in [0.1, 0.15) is 12.0 Å². The normalized spacial score (nSPS) is 15.9. The predicted octanol–water partition coefficient (Wildman–Crippen LogP) is 3.22. The molecule has 0 bridgehead atoms. The Bertz CT molecular complexity index is 795. The molecule has 1 aromatic heterocycles. The first kappa shape index (κ1) is 15.1. The second-order valence-corrected chi connectivity index (χ2v) is 7.15. The van der Waals surface area contributed by atoms with Crippen LogP contribution >= 0.6 is 11.6 Å². The van der Waals surface area contributed by atoms with Gasteiger partial charge in [0.1, 0.15) is 5.82 Å². The zero-order valence-electron chi connectivity index (χ0n) is 12.1. The topological polar surface area (TPSA) is 53.5 Å². The summed E-state index contributed by atoms with van der Waals surface area (Å²) in [6, 6.07) is 10.8. The quantitative estimate of drug-likeness (QED) is 0.805. The molecule has 0 unspecified atom stereocenters. The fourth-order valence-electron chi connectivity index (χ4n) is 2.51. The molecular weight excluding hydrogens is 322 g/mol. The van der Waals surface area contributed by atoms with Crippen molar-refractivity contribution in [2.75, 3.05) is 21.0 Å². The zero-order chi connectivity index (χ0) is 15.7. The minimum atomic E-state index is -3.68. The van der Waals surface area contributed by atoms with Gasteiger partial charge in [0.05, 0.1) is 11.4 Å². The van der Waals surface area contributed by atoms with Crippen molar-refractivity contribution in [2.24, 2.45) is 0 Å². The van der Waals surface area contributed by atoms with Crippen molar-refractivity contribution in [3.8, 4) is 0 Å². The molecule has 22 heavy (non-hydrogen) atoms. The van der Waals surface area contributed by atoms with Gasteiger partial charge in [0.15, 0.2) is 0 Å². The minimum absolute atomic E-state index is 0.352. The SMILES string of the molecule is Cc1ccnc(N2c3ccccc3N(CCCCl)S2(=O)=O)c1. The van der Waals surface area contributed by atoms with Gasteiger partial charge in [0.25, 0.3) is 0 Å². The summed E-state index contributed by atoms with van der Waals surface area (Å²) in [5, 5.41) is 0. The third-order valence-electron chi connectivity index (χ3n) is 3.48. The Labute approximate surface area is 135 Å². The maximum Gasteiger partial charge on any atom is 0.332 e. The summed E-state index contributed by atoms with van der Waals surface area (Å²) in [6.45, 7) is 2.26. The molecule has 0 saturated heterocycles. The molecule has 0 saturated carbocycles. The molecule has 5 nitrogen and oxygen atoms in total. The molecule has 0 spiro atoms. The average Bonchev–Trinajstić information content (AvgIpc) is 2.71. The van der Waals surface area contributed by atoms with Crippen LogP contribution in [0.25, 0.3) is 0 Å². The van der Waals surface area contributed by atoms with Gasteiger partial charge < -0.3 is 0 Å². The van der Waals surface area contributed by atoms with Gasteiger partial charge >= 0.3 is 10.2 Å². The van der Waals surface area contributed by atoms with Crippen molar-refractivity contribution in [1.29, 1.82) is 0 Å². The largest absolute Gasteiger partial charge is 0.332 e. The molecule has 1 aliphatic heterocycles. The molecule has 1 aliphatic rings. The summed E-state index contributed by atoms with van der Waals surface area (Å²) in [5.41, 5.74) is 2.24. The molecule has 0 aliphatic carbocycles. The molecule has 0 amide bonds. The van der Waals surface area contributed by atoms with Gasteiger partial charge in [-0.2, -0.15) is 8.42 Å². The van der Waals surface area contributed by atoms with Crippen LogP contribution in [-0.4, -0.2) is 25.8 Å². The van der Waals surface area contributed by atoms with Crippen molar-refractivity contribution in [3.05, 3.63) is 48.2 Å². The minimum Gasteiger partial charge on any atom is -0.251 e. The molecule has 3 rings (SSSR count). The van der Waals surface area contributed by atoms with E-state index in [-0.39, 0.29) is 0 Å². The van der Waals surface area contributed by atoms with Gasteiger partial charge in [-0.1, -0.05) is 12.1 Å². The number of rotatable bonds is 4. The van der Waals surface area contributed by atoms with E-state index in [1.807, 2.05) is 25.1 Å². The highest BCUT2D eigenvalue weighted by molar-refractivity contribution is 7.95. The standard InChI is InChI=1S/C15H16ClN3O2S/c1-12-7-9-17-15(11-12)19-14-6-3-2-5-13(14)18(10-4-8-16)22(19,20)21/h2-3,5-7,9,11H,4,8,10H2,1H3. The van der Waals surface area contributed by atoms with Crippen LogP contribution < -0.4 is 8.61 Å². The highest BCUT2D eigenvalue weighted by Gasteiger charge is 2.41. The molecule has 0 N–H and O–H groups in total. The first-order chi connectivity index (χ1) is 10.6. The first-order valence-corrected chi connectivity index (χ1v) is 8.89. The lowest BCUT2D eigenvalue weighted by Crippen LogP contribution is -2.36. The van der Waals surface area contributed by atoms with Crippen molar-refractivity contribution in [3.63, 3.8) is 0 Å². The summed E-state index contributed by atoms with van der Waals surface area (Å²) < 4.78 is 28.6. The van der Waals surface area contributed by atoms with E-state index < -0.39 is 10.2 Å². The maximum atomic E-state index is 12.9. The number of para-hydroxylation sites is 2. The molecular formula is C15H16ClN3O2S. The average molecular weight is 338 g/mol. The third-order valence-corrected chi connectivity index (χ3v) is 5.53. The fraction of sp³-hybridized carbons (Fsp3) is 0.267. The number of hydrogen-bond donors (Lipinski definition) is 0. The number of fused-ring (bicyclic) bond motifs is 1. The molecule has 7 heteroatoms. The number of nitrogens with zero attached hydrogens (tertiary/aromatic N) is 3. The summed E-state index contributed by atoms with van der Waals surface area (Å²) in [6.07, 6.45) is 2.20. The van der Waals surface area contributed by atoms with Crippen LogP contribution in [0.5, 0.6) is 0 Å². The molecule has 0 fully saturated rings. The smallest absolute Gasteiger partial charge is 0.251 e. The number of aryl methyl sites for hydroxylation is 1. The monoisotopic (exact) mass is 337 g/mol. The van der Waals surface area contributed by atoms with Gasteiger partial charge in [0.2, 0.25) is 0 Å². The molecule has 116 valence electrons. The number of anilines is 3. The highest BCUT2D eigenvalue weighted by Crippen LogP contribution is 2.44. The molecule has 1 aromatic carbocycles. The first-order valence-electron chi connectivity index (χ1n) is 6.96. The number of alkyl halides is 1. The van der Waals surface area contributed by atoms with Crippen LogP contribution in [-0.2, 0) is 10.2 Å². The van der Waals surface area contributed by atoms with Crippen molar-refractivity contribution in [1.82, 2.24) is 4.98 Å². The Morgan fingerprint density at radius 1 is 1.18 bits per heavy atom. The van der Waals surface area contributed by atoms with Gasteiger partial charge in [-0.15, -0.1) is 11.6 Å². The van der Waals surface area contributed by atoms with E-state index in [0.717, 1.165) is 5.56 Å². The van der Waals surface area contributed by atoms with E-state index in [1.165, 1.54) is 8.61 Å². The van der Waals surface area contributed by atoms with Crippen LogP contribution in [0.2, 0.25) is 0 Å². The fourth-order valence-corrected chi connectivity index (χ4v) is 4.32. The highest BCUT2D eigenvalue weighted by atomic mass is 35.5. The van der Waals surface area contributed by atoms with E-state index in [4.69, 9.17) is 11.6 Å². The number of hydrogen-bond acceptors (Lipinski definition) is 3. The van der Waals surface area contributed by atoms with Gasteiger partial charge in [0, 0.05) is 18.6 Å². The molecule has 0 radical (unpaired) electrons. The zero-order valence-corrected chi connectivity index (χ0v) is 13.7. The van der Waals surface area contributed by atoms with Gasteiger partial charge in [-0.25, -0.2) is 9.29 Å². The molecule has 2 aromatic rings. The lowest BCUT2D eigenvalue weighted by Gasteiger charge is -2.21. The number of pyridine rings is 1. The van der Waals surface area contributed by atoms with E-state index >= 15 is 0 Å². The number of halogens is 1. The lowest BCUT2D eigenvalue weighted by atomic mass is 10.2. The molecule has 2 heterocycles. The van der Waals surface area contributed by atoms with Crippen molar-refractivity contribution in [2.45, 2.75) is 13.3 Å².